The Morgan fingerprint density at radius 3 is 2.79 bits per heavy atom. The Balaban J connectivity index is 2.16. The number of nitrogens with one attached hydrogen (secondary N) is 1. The van der Waals surface area contributed by atoms with Crippen LogP contribution in [0.1, 0.15) is 24.6 Å². The third-order valence-corrected chi connectivity index (χ3v) is 3.06. The second-order valence-corrected chi connectivity index (χ2v) is 3.96. The number of H-pyrrole nitrogens is 1. The predicted molar refractivity (Wildman–Crippen MR) is 56.2 cm³/mol. The van der Waals surface area contributed by atoms with E-state index in [4.69, 9.17) is 17.3 Å². The van der Waals surface area contributed by atoms with Crippen molar-refractivity contribution in [1.82, 2.24) is 14.9 Å². The Bertz CT molecular complexity index is 293. The molecule has 1 unspecified atom stereocenters. The fraction of sp³-hybridized carbons (Fsp3) is 0.667. The van der Waals surface area contributed by atoms with Crippen molar-refractivity contribution in [2.45, 2.75) is 18.9 Å². The molecule has 1 aromatic heterocycles. The van der Waals surface area contributed by atoms with Gasteiger partial charge in [-0.3, -0.25) is 4.90 Å². The van der Waals surface area contributed by atoms with Crippen molar-refractivity contribution < 1.29 is 0 Å². The second kappa shape index (κ2) is 4.29. The number of rotatable bonds is 3. The molecule has 1 aliphatic heterocycles. The van der Waals surface area contributed by atoms with E-state index in [1.807, 2.05) is 0 Å². The molecule has 1 fully saturated rings. The van der Waals surface area contributed by atoms with E-state index in [1.54, 1.807) is 6.33 Å². The fourth-order valence-corrected chi connectivity index (χ4v) is 2.25. The summed E-state index contributed by atoms with van der Waals surface area (Å²) in [6, 6.07) is 0.201. The molecule has 3 N–H and O–H groups in total. The molecule has 1 atom stereocenters. The number of hydrogen-bond donors (Lipinski definition) is 2. The molecular weight excluding hydrogens is 200 g/mol. The molecule has 0 bridgehead atoms. The molecule has 0 amide bonds. The smallest absolute Gasteiger partial charge is 0.151 e. The summed E-state index contributed by atoms with van der Waals surface area (Å²) < 4.78 is 0. The summed E-state index contributed by atoms with van der Waals surface area (Å²) in [7, 11) is 0. The topological polar surface area (TPSA) is 57.9 Å². The highest BCUT2D eigenvalue weighted by Gasteiger charge is 2.25. The molecule has 2 rings (SSSR count). The van der Waals surface area contributed by atoms with Gasteiger partial charge in [0.15, 0.2) is 5.15 Å². The van der Waals surface area contributed by atoms with Crippen LogP contribution in [0.2, 0.25) is 5.15 Å². The first kappa shape index (κ1) is 9.96. The minimum Gasteiger partial charge on any atom is -0.346 e. The molecule has 0 spiro atoms. The van der Waals surface area contributed by atoms with Crippen LogP contribution in [0.25, 0.3) is 0 Å². The number of aromatic amines is 1. The molecular formula is C9H15ClN4. The van der Waals surface area contributed by atoms with Crippen LogP contribution in [0, 0.1) is 0 Å². The third kappa shape index (κ3) is 1.78. The lowest BCUT2D eigenvalue weighted by Crippen LogP contribution is -2.31. The molecule has 0 aromatic carbocycles. The maximum absolute atomic E-state index is 5.97. The van der Waals surface area contributed by atoms with Crippen LogP contribution in [-0.2, 0) is 0 Å². The van der Waals surface area contributed by atoms with Gasteiger partial charge >= 0.3 is 0 Å². The van der Waals surface area contributed by atoms with Crippen molar-refractivity contribution in [1.29, 1.82) is 0 Å². The average molecular weight is 215 g/mol. The van der Waals surface area contributed by atoms with Crippen LogP contribution in [0.4, 0.5) is 0 Å². The largest absolute Gasteiger partial charge is 0.346 e. The number of hydrogen-bond acceptors (Lipinski definition) is 3. The first-order valence-corrected chi connectivity index (χ1v) is 5.33. The van der Waals surface area contributed by atoms with Crippen LogP contribution in [0.3, 0.4) is 0 Å². The lowest BCUT2D eigenvalue weighted by Gasteiger charge is -2.25. The number of nitrogens with zero attached hydrogens (tertiary/aromatic N) is 2. The predicted octanol–water partition coefficient (Wildman–Crippen LogP) is 1.16. The first-order valence-electron chi connectivity index (χ1n) is 4.96. The summed E-state index contributed by atoms with van der Waals surface area (Å²) in [5.41, 5.74) is 6.72. The summed E-state index contributed by atoms with van der Waals surface area (Å²) in [5, 5.41) is 0.548. The van der Waals surface area contributed by atoms with Crippen LogP contribution in [-0.4, -0.2) is 34.5 Å². The third-order valence-electron chi connectivity index (χ3n) is 2.76. The van der Waals surface area contributed by atoms with Gasteiger partial charge in [-0.05, 0) is 25.9 Å². The van der Waals surface area contributed by atoms with Gasteiger partial charge in [-0.25, -0.2) is 4.98 Å². The lowest BCUT2D eigenvalue weighted by atomic mass is 10.2. The van der Waals surface area contributed by atoms with E-state index in [1.165, 1.54) is 12.8 Å². The average Bonchev–Trinajstić information content (AvgIpc) is 2.80. The van der Waals surface area contributed by atoms with Gasteiger partial charge in [-0.15, -0.1) is 0 Å². The van der Waals surface area contributed by atoms with Crippen molar-refractivity contribution in [3.8, 4) is 0 Å². The highest BCUT2D eigenvalue weighted by atomic mass is 35.5. The highest BCUT2D eigenvalue weighted by Crippen LogP contribution is 2.26. The minimum absolute atomic E-state index is 0.201. The molecule has 14 heavy (non-hydrogen) atoms. The number of halogens is 1. The standard InChI is InChI=1S/C9H15ClN4/c10-9-8(12-6-13-9)7(5-11)14-3-1-2-4-14/h6-7H,1-5,11H2,(H,12,13). The van der Waals surface area contributed by atoms with Crippen LogP contribution < -0.4 is 5.73 Å². The van der Waals surface area contributed by atoms with Crippen molar-refractivity contribution in [2.24, 2.45) is 5.73 Å². The summed E-state index contributed by atoms with van der Waals surface area (Å²) in [4.78, 5) is 9.41. The zero-order valence-corrected chi connectivity index (χ0v) is 8.80. The van der Waals surface area contributed by atoms with Gasteiger partial charge in [0, 0.05) is 6.54 Å². The summed E-state index contributed by atoms with van der Waals surface area (Å²) >= 11 is 5.97. The summed E-state index contributed by atoms with van der Waals surface area (Å²) in [5.74, 6) is 0. The Kier molecular flexibility index (Phi) is 3.05. The molecule has 0 radical (unpaired) electrons. The molecule has 5 heteroatoms. The van der Waals surface area contributed by atoms with E-state index in [0.29, 0.717) is 11.7 Å². The zero-order chi connectivity index (χ0) is 9.97. The van der Waals surface area contributed by atoms with Crippen LogP contribution >= 0.6 is 11.6 Å². The van der Waals surface area contributed by atoms with E-state index >= 15 is 0 Å². The minimum atomic E-state index is 0.201. The summed E-state index contributed by atoms with van der Waals surface area (Å²) in [6.45, 7) is 2.80. The summed E-state index contributed by atoms with van der Waals surface area (Å²) in [6.07, 6.45) is 4.13. The van der Waals surface area contributed by atoms with Crippen molar-refractivity contribution in [2.75, 3.05) is 19.6 Å². The molecule has 0 aliphatic carbocycles. The zero-order valence-electron chi connectivity index (χ0n) is 8.04. The second-order valence-electron chi connectivity index (χ2n) is 3.60. The lowest BCUT2D eigenvalue weighted by molar-refractivity contribution is 0.247. The van der Waals surface area contributed by atoms with Gasteiger partial charge < -0.3 is 10.7 Å². The number of aromatic nitrogens is 2. The molecule has 78 valence electrons. The Labute approximate surface area is 88.4 Å². The SMILES string of the molecule is NCC(c1[nH]cnc1Cl)N1CCCC1. The van der Waals surface area contributed by atoms with E-state index in [-0.39, 0.29) is 6.04 Å². The van der Waals surface area contributed by atoms with Gasteiger partial charge in [0.25, 0.3) is 0 Å². The highest BCUT2D eigenvalue weighted by molar-refractivity contribution is 6.30. The van der Waals surface area contributed by atoms with Crippen molar-refractivity contribution in [3.63, 3.8) is 0 Å². The van der Waals surface area contributed by atoms with Crippen molar-refractivity contribution >= 4 is 11.6 Å². The maximum Gasteiger partial charge on any atom is 0.151 e. The first-order chi connectivity index (χ1) is 6.83. The maximum atomic E-state index is 5.97. The molecule has 1 aliphatic rings. The molecule has 2 heterocycles. The Morgan fingerprint density at radius 2 is 2.29 bits per heavy atom. The van der Waals surface area contributed by atoms with Crippen LogP contribution in [0.15, 0.2) is 6.33 Å². The van der Waals surface area contributed by atoms with Gasteiger partial charge in [-0.1, -0.05) is 11.6 Å². The monoisotopic (exact) mass is 214 g/mol. The van der Waals surface area contributed by atoms with Crippen LogP contribution in [0.5, 0.6) is 0 Å². The molecule has 4 nitrogen and oxygen atoms in total. The number of imidazole rings is 1. The van der Waals surface area contributed by atoms with E-state index in [9.17, 15) is 0 Å². The Morgan fingerprint density at radius 1 is 1.57 bits per heavy atom. The molecule has 1 saturated heterocycles. The normalized spacial score (nSPS) is 20.1. The van der Waals surface area contributed by atoms with Gasteiger partial charge in [-0.2, -0.15) is 0 Å². The van der Waals surface area contributed by atoms with E-state index in [0.717, 1.165) is 18.8 Å². The van der Waals surface area contributed by atoms with Crippen molar-refractivity contribution in [3.05, 3.63) is 17.2 Å². The van der Waals surface area contributed by atoms with E-state index < -0.39 is 0 Å². The Hall–Kier alpha value is -0.580. The van der Waals surface area contributed by atoms with Gasteiger partial charge in [0.2, 0.25) is 0 Å². The van der Waals surface area contributed by atoms with E-state index in [2.05, 4.69) is 14.9 Å². The number of nitrogens with two attached hydrogens (primary N) is 1. The number of likely N-dealkylation sites (tertiary alicyclic amines) is 1. The van der Waals surface area contributed by atoms with Gasteiger partial charge in [0.1, 0.15) is 0 Å². The fourth-order valence-electron chi connectivity index (χ4n) is 2.02. The molecule has 0 saturated carbocycles. The molecule has 1 aromatic rings. The van der Waals surface area contributed by atoms with Gasteiger partial charge in [0.05, 0.1) is 18.1 Å². The quantitative estimate of drug-likeness (QED) is 0.794.